The Labute approximate surface area is 242 Å². The summed E-state index contributed by atoms with van der Waals surface area (Å²) in [6.45, 7) is 4.68. The largest absolute Gasteiger partial charge is 0.380 e. The van der Waals surface area contributed by atoms with Gasteiger partial charge in [-0.3, -0.25) is 9.36 Å². The van der Waals surface area contributed by atoms with Crippen LogP contribution in [0.4, 0.5) is 11.8 Å². The van der Waals surface area contributed by atoms with Crippen molar-refractivity contribution >= 4 is 52.0 Å². The first-order valence-electron chi connectivity index (χ1n) is 13.4. The molecule has 2 aromatic heterocycles. The van der Waals surface area contributed by atoms with E-state index in [0.717, 1.165) is 30.0 Å². The zero-order valence-electron chi connectivity index (χ0n) is 22.5. The van der Waals surface area contributed by atoms with Crippen molar-refractivity contribution in [2.24, 2.45) is 11.1 Å². The second-order valence-electron chi connectivity index (χ2n) is 10.8. The maximum atomic E-state index is 12.2. The van der Waals surface area contributed by atoms with Gasteiger partial charge in [0.15, 0.2) is 17.0 Å². The van der Waals surface area contributed by atoms with Gasteiger partial charge in [0.05, 0.1) is 11.1 Å². The summed E-state index contributed by atoms with van der Waals surface area (Å²) in [5, 5.41) is 1.22. The number of anilines is 2. The lowest BCUT2D eigenvalue weighted by molar-refractivity contribution is -0.127. The maximum Gasteiger partial charge on any atom is 0.229 e. The van der Waals surface area contributed by atoms with Gasteiger partial charge in [-0.1, -0.05) is 42.3 Å². The molecule has 40 heavy (non-hydrogen) atoms. The van der Waals surface area contributed by atoms with E-state index in [2.05, 4.69) is 9.80 Å². The molecule has 0 unspecified atom stereocenters. The Bertz CT molecular complexity index is 1560. The molecule has 2 aliphatic heterocycles. The highest BCUT2D eigenvalue weighted by molar-refractivity contribution is 6.33. The molecule has 0 radical (unpaired) electrons. The van der Waals surface area contributed by atoms with E-state index in [9.17, 15) is 4.79 Å². The van der Waals surface area contributed by atoms with Gasteiger partial charge in [-0.05, 0) is 55.7 Å². The molecule has 2 aromatic carbocycles. The second kappa shape index (κ2) is 10.5. The van der Waals surface area contributed by atoms with Crippen molar-refractivity contribution in [1.82, 2.24) is 19.5 Å². The van der Waals surface area contributed by atoms with E-state index < -0.39 is 5.41 Å². The third kappa shape index (κ3) is 4.76. The molecule has 0 aliphatic carbocycles. The molecule has 1 amide bonds. The summed E-state index contributed by atoms with van der Waals surface area (Å²) < 4.78 is 7.64. The number of aromatic nitrogens is 4. The van der Waals surface area contributed by atoms with Crippen molar-refractivity contribution in [3.05, 3.63) is 58.6 Å². The number of hydrogen-bond acceptors (Lipinski definition) is 7. The molecule has 9 nitrogen and oxygen atoms in total. The van der Waals surface area contributed by atoms with Crippen LogP contribution < -0.4 is 15.5 Å². The summed E-state index contributed by atoms with van der Waals surface area (Å²) in [6.07, 6.45) is 2.28. The number of methoxy groups -OCH3 is 1. The average Bonchev–Trinajstić information content (AvgIpc) is 3.59. The van der Waals surface area contributed by atoms with Gasteiger partial charge in [-0.15, -0.1) is 0 Å². The van der Waals surface area contributed by atoms with E-state index >= 15 is 0 Å². The van der Waals surface area contributed by atoms with Crippen molar-refractivity contribution in [2.45, 2.75) is 32.3 Å². The molecule has 208 valence electrons. The first kappa shape index (κ1) is 26.8. The van der Waals surface area contributed by atoms with Crippen molar-refractivity contribution in [3.8, 4) is 17.1 Å². The Balaban J connectivity index is 1.57. The summed E-state index contributed by atoms with van der Waals surface area (Å²) in [5.41, 5.74) is 8.17. The van der Waals surface area contributed by atoms with Crippen LogP contribution in [0.5, 0.6) is 0 Å². The number of primary amides is 1. The highest BCUT2D eigenvalue weighted by Gasteiger charge is 2.37. The fourth-order valence-corrected chi connectivity index (χ4v) is 5.86. The van der Waals surface area contributed by atoms with Gasteiger partial charge in [-0.25, -0.2) is 4.98 Å². The maximum absolute atomic E-state index is 12.2. The molecular formula is C29H31Cl2N7O2. The van der Waals surface area contributed by atoms with Crippen LogP contribution in [0.15, 0.2) is 48.5 Å². The fourth-order valence-electron chi connectivity index (χ4n) is 5.51. The van der Waals surface area contributed by atoms with E-state index in [1.807, 2.05) is 60.0 Å². The summed E-state index contributed by atoms with van der Waals surface area (Å²) in [7, 11) is 1.73. The van der Waals surface area contributed by atoms with E-state index in [4.69, 9.17) is 48.6 Å². The first-order valence-corrected chi connectivity index (χ1v) is 14.2. The molecule has 0 spiro atoms. The minimum atomic E-state index is -0.544. The monoisotopic (exact) mass is 579 g/mol. The molecule has 11 heteroatoms. The van der Waals surface area contributed by atoms with E-state index in [-0.39, 0.29) is 12.0 Å². The van der Waals surface area contributed by atoms with Crippen LogP contribution in [0.2, 0.25) is 10.0 Å². The molecule has 0 saturated carbocycles. The Kier molecular flexibility index (Phi) is 7.06. The standard InChI is InChI=1S/C29H31Cl2N7O2/c1-29(27(32)39)12-15-36(16-13-29)25-23-26(35-28(34-25)37-14-11-20(17-37)40-2)38(19-9-7-18(30)8-10-19)24(33-23)21-5-3-4-6-22(21)31/h3-10,20H,11-17H2,1-2H3,(H2,32,39)/t20-/m0/s1. The number of hydrogen-bond donors (Lipinski definition) is 1. The molecule has 1 atom stereocenters. The predicted octanol–water partition coefficient (Wildman–Crippen LogP) is 5.11. The number of imidazole rings is 1. The number of carbonyl (C=O) groups is 1. The van der Waals surface area contributed by atoms with Gasteiger partial charge < -0.3 is 20.3 Å². The summed E-state index contributed by atoms with van der Waals surface area (Å²) in [6, 6.07) is 15.2. The number of amides is 1. The smallest absolute Gasteiger partial charge is 0.229 e. The van der Waals surface area contributed by atoms with Crippen molar-refractivity contribution in [2.75, 3.05) is 43.1 Å². The lowest BCUT2D eigenvalue weighted by Crippen LogP contribution is -2.45. The summed E-state index contributed by atoms with van der Waals surface area (Å²) in [4.78, 5) is 31.8. The topological polar surface area (TPSA) is 102 Å². The van der Waals surface area contributed by atoms with Gasteiger partial charge >= 0.3 is 0 Å². The summed E-state index contributed by atoms with van der Waals surface area (Å²) in [5.74, 6) is 1.74. The Morgan fingerprint density at radius 1 is 1.00 bits per heavy atom. The quantitative estimate of drug-likeness (QED) is 0.338. The molecule has 0 bridgehead atoms. The number of nitrogens with two attached hydrogens (primary N) is 1. The second-order valence-corrected chi connectivity index (χ2v) is 11.6. The highest BCUT2D eigenvalue weighted by atomic mass is 35.5. The Hall–Kier alpha value is -3.40. The lowest BCUT2D eigenvalue weighted by atomic mass is 9.80. The molecule has 2 aliphatic rings. The number of piperidine rings is 1. The van der Waals surface area contributed by atoms with Crippen LogP contribution in [0.1, 0.15) is 26.2 Å². The van der Waals surface area contributed by atoms with E-state index in [1.54, 1.807) is 7.11 Å². The van der Waals surface area contributed by atoms with Gasteiger partial charge in [0.2, 0.25) is 11.9 Å². The number of ether oxygens (including phenoxy) is 1. The number of halogens is 2. The van der Waals surface area contributed by atoms with Crippen molar-refractivity contribution in [1.29, 1.82) is 0 Å². The third-order valence-electron chi connectivity index (χ3n) is 8.20. The van der Waals surface area contributed by atoms with Gasteiger partial charge in [0.1, 0.15) is 5.82 Å². The Morgan fingerprint density at radius 2 is 1.73 bits per heavy atom. The minimum Gasteiger partial charge on any atom is -0.380 e. The minimum absolute atomic E-state index is 0.119. The van der Waals surface area contributed by atoms with E-state index in [1.165, 1.54) is 0 Å². The van der Waals surface area contributed by atoms with Crippen LogP contribution in [0, 0.1) is 5.41 Å². The normalized spacial score (nSPS) is 18.9. The van der Waals surface area contributed by atoms with Crippen molar-refractivity contribution in [3.63, 3.8) is 0 Å². The molecule has 2 fully saturated rings. The number of nitrogens with zero attached hydrogens (tertiary/aromatic N) is 6. The lowest BCUT2D eigenvalue weighted by Gasteiger charge is -2.38. The summed E-state index contributed by atoms with van der Waals surface area (Å²) >= 11 is 13.0. The van der Waals surface area contributed by atoms with Crippen molar-refractivity contribution < 1.29 is 9.53 Å². The van der Waals surface area contributed by atoms with Gasteiger partial charge in [0.25, 0.3) is 0 Å². The first-order chi connectivity index (χ1) is 19.3. The van der Waals surface area contributed by atoms with Crippen LogP contribution >= 0.6 is 23.2 Å². The highest BCUT2D eigenvalue weighted by Crippen LogP contribution is 2.39. The molecule has 2 saturated heterocycles. The number of rotatable bonds is 6. The third-order valence-corrected chi connectivity index (χ3v) is 8.78. The zero-order valence-corrected chi connectivity index (χ0v) is 24.0. The molecular weight excluding hydrogens is 549 g/mol. The predicted molar refractivity (Wildman–Crippen MR) is 158 cm³/mol. The van der Waals surface area contributed by atoms with Crippen LogP contribution in [-0.4, -0.2) is 64.8 Å². The number of carbonyl (C=O) groups excluding carboxylic acids is 1. The van der Waals surface area contributed by atoms with E-state index in [0.29, 0.717) is 65.5 Å². The Morgan fingerprint density at radius 3 is 2.38 bits per heavy atom. The zero-order chi connectivity index (χ0) is 28.0. The number of fused-ring (bicyclic) bond motifs is 1. The van der Waals surface area contributed by atoms with Crippen LogP contribution in [0.3, 0.4) is 0 Å². The SMILES string of the molecule is CO[C@H]1CCN(c2nc(N3CCC(C)(C(N)=O)CC3)c3nc(-c4ccccc4Cl)n(-c4ccc(Cl)cc4)c3n2)C1. The van der Waals surface area contributed by atoms with Gasteiger partial charge in [-0.2, -0.15) is 9.97 Å². The molecule has 4 heterocycles. The molecule has 2 N–H and O–H groups in total. The van der Waals surface area contributed by atoms with Crippen LogP contribution in [-0.2, 0) is 9.53 Å². The fraction of sp³-hybridized carbons (Fsp3) is 0.379. The molecule has 6 rings (SSSR count). The average molecular weight is 581 g/mol. The number of benzene rings is 2. The van der Waals surface area contributed by atoms with Gasteiger partial charge in [0, 0.05) is 55.0 Å². The molecule has 4 aromatic rings. The van der Waals surface area contributed by atoms with Crippen LogP contribution in [0.25, 0.3) is 28.2 Å².